The number of rotatable bonds is 6. The van der Waals surface area contributed by atoms with Crippen LogP contribution in [0, 0.1) is 5.92 Å². The van der Waals surface area contributed by atoms with Crippen molar-refractivity contribution < 1.29 is 19.5 Å². The fraction of sp³-hybridized carbons (Fsp3) is 0.769. The normalized spacial score (nSPS) is 18.4. The van der Waals surface area contributed by atoms with Gasteiger partial charge in [-0.25, -0.2) is 0 Å². The second kappa shape index (κ2) is 7.11. The van der Waals surface area contributed by atoms with Crippen LogP contribution in [0.1, 0.15) is 33.1 Å². The monoisotopic (exact) mass is 270 g/mol. The van der Waals surface area contributed by atoms with E-state index in [1.807, 2.05) is 13.8 Å². The van der Waals surface area contributed by atoms with E-state index in [0.717, 1.165) is 0 Å². The number of amides is 2. The number of likely N-dealkylation sites (tertiary alicyclic amines) is 1. The number of aliphatic carboxylic acids is 1. The van der Waals surface area contributed by atoms with E-state index in [-0.39, 0.29) is 31.2 Å². The van der Waals surface area contributed by atoms with Crippen molar-refractivity contribution in [2.24, 2.45) is 5.92 Å². The third-order valence-corrected chi connectivity index (χ3v) is 3.56. The van der Waals surface area contributed by atoms with Crippen molar-refractivity contribution in [2.75, 3.05) is 26.2 Å². The molecule has 2 amide bonds. The second-order valence-electron chi connectivity index (χ2n) is 4.73. The lowest BCUT2D eigenvalue weighted by molar-refractivity contribution is -0.142. The summed E-state index contributed by atoms with van der Waals surface area (Å²) in [5.74, 6) is -1.45. The van der Waals surface area contributed by atoms with Gasteiger partial charge < -0.3 is 14.9 Å². The van der Waals surface area contributed by atoms with Gasteiger partial charge in [-0.1, -0.05) is 0 Å². The topological polar surface area (TPSA) is 77.9 Å². The van der Waals surface area contributed by atoms with Gasteiger partial charge in [-0.05, 0) is 20.3 Å². The first-order valence-electron chi connectivity index (χ1n) is 6.77. The molecule has 108 valence electrons. The molecule has 0 spiro atoms. The quantitative estimate of drug-likeness (QED) is 0.765. The Hall–Kier alpha value is -1.59. The minimum absolute atomic E-state index is 0.0210. The predicted molar refractivity (Wildman–Crippen MR) is 69.5 cm³/mol. The van der Waals surface area contributed by atoms with Crippen LogP contribution < -0.4 is 0 Å². The Balaban J connectivity index is 2.36. The molecule has 1 heterocycles. The molecule has 6 heteroatoms. The van der Waals surface area contributed by atoms with Gasteiger partial charge in [0.05, 0.1) is 5.92 Å². The molecule has 1 fully saturated rings. The third-order valence-electron chi connectivity index (χ3n) is 3.56. The molecule has 0 aromatic carbocycles. The Morgan fingerprint density at radius 3 is 2.32 bits per heavy atom. The van der Waals surface area contributed by atoms with Gasteiger partial charge in [0.1, 0.15) is 0 Å². The molecule has 0 aromatic rings. The van der Waals surface area contributed by atoms with Crippen LogP contribution in [0.3, 0.4) is 0 Å². The highest BCUT2D eigenvalue weighted by Gasteiger charge is 2.30. The minimum atomic E-state index is -0.852. The standard InChI is InChI=1S/C13H22N2O4/c1-3-14(4-2)11(16)5-6-12(17)15-8-7-10(9-15)13(18)19/h10H,3-9H2,1-2H3,(H,18,19). The summed E-state index contributed by atoms with van der Waals surface area (Å²) in [5.41, 5.74) is 0. The third kappa shape index (κ3) is 4.22. The number of carboxylic acids is 1. The van der Waals surface area contributed by atoms with E-state index < -0.39 is 11.9 Å². The van der Waals surface area contributed by atoms with E-state index >= 15 is 0 Å². The van der Waals surface area contributed by atoms with Crippen molar-refractivity contribution in [1.82, 2.24) is 9.80 Å². The van der Waals surface area contributed by atoms with Gasteiger partial charge in [-0.2, -0.15) is 0 Å². The van der Waals surface area contributed by atoms with Crippen LogP contribution in [0.5, 0.6) is 0 Å². The number of nitrogens with zero attached hydrogens (tertiary/aromatic N) is 2. The molecule has 0 radical (unpaired) electrons. The Morgan fingerprint density at radius 1 is 1.21 bits per heavy atom. The predicted octanol–water partition coefficient (Wildman–Crippen LogP) is 0.568. The zero-order chi connectivity index (χ0) is 14.4. The first-order valence-corrected chi connectivity index (χ1v) is 6.77. The number of hydrogen-bond acceptors (Lipinski definition) is 3. The fourth-order valence-electron chi connectivity index (χ4n) is 2.29. The van der Waals surface area contributed by atoms with Crippen LogP contribution in [-0.2, 0) is 14.4 Å². The van der Waals surface area contributed by atoms with Gasteiger partial charge in [0.15, 0.2) is 0 Å². The SMILES string of the molecule is CCN(CC)C(=O)CCC(=O)N1CCC(C(=O)O)C1. The average molecular weight is 270 g/mol. The summed E-state index contributed by atoms with van der Waals surface area (Å²) in [6, 6.07) is 0. The van der Waals surface area contributed by atoms with Crippen molar-refractivity contribution >= 4 is 17.8 Å². The van der Waals surface area contributed by atoms with Crippen LogP contribution in [0.2, 0.25) is 0 Å². The number of carboxylic acid groups (broad SMARTS) is 1. The Bertz CT molecular complexity index is 353. The molecular weight excluding hydrogens is 248 g/mol. The molecule has 0 bridgehead atoms. The molecule has 1 aliphatic rings. The maximum atomic E-state index is 11.9. The summed E-state index contributed by atoms with van der Waals surface area (Å²) < 4.78 is 0. The van der Waals surface area contributed by atoms with Crippen molar-refractivity contribution in [3.63, 3.8) is 0 Å². The van der Waals surface area contributed by atoms with Gasteiger partial charge in [-0.3, -0.25) is 14.4 Å². The highest BCUT2D eigenvalue weighted by molar-refractivity contribution is 5.84. The average Bonchev–Trinajstić information content (AvgIpc) is 2.87. The Morgan fingerprint density at radius 2 is 1.84 bits per heavy atom. The summed E-state index contributed by atoms with van der Waals surface area (Å²) in [4.78, 5) is 37.7. The molecule has 1 unspecified atom stereocenters. The highest BCUT2D eigenvalue weighted by atomic mass is 16.4. The summed E-state index contributed by atoms with van der Waals surface area (Å²) in [5, 5.41) is 8.87. The highest BCUT2D eigenvalue weighted by Crippen LogP contribution is 2.17. The largest absolute Gasteiger partial charge is 0.481 e. The second-order valence-corrected chi connectivity index (χ2v) is 4.73. The summed E-state index contributed by atoms with van der Waals surface area (Å²) >= 11 is 0. The molecule has 0 aromatic heterocycles. The van der Waals surface area contributed by atoms with Gasteiger partial charge >= 0.3 is 5.97 Å². The Labute approximate surface area is 113 Å². The molecule has 1 N–H and O–H groups in total. The molecule has 1 atom stereocenters. The molecule has 19 heavy (non-hydrogen) atoms. The lowest BCUT2D eigenvalue weighted by Crippen LogP contribution is -2.33. The Kier molecular flexibility index (Phi) is 5.79. The molecule has 6 nitrogen and oxygen atoms in total. The number of carbonyl (C=O) groups excluding carboxylic acids is 2. The lowest BCUT2D eigenvalue weighted by atomic mass is 10.1. The van der Waals surface area contributed by atoms with E-state index in [0.29, 0.717) is 26.1 Å². The van der Waals surface area contributed by atoms with Crippen molar-refractivity contribution in [1.29, 1.82) is 0 Å². The smallest absolute Gasteiger partial charge is 0.308 e. The van der Waals surface area contributed by atoms with Crippen molar-refractivity contribution in [2.45, 2.75) is 33.1 Å². The van der Waals surface area contributed by atoms with Gasteiger partial charge in [0.25, 0.3) is 0 Å². The van der Waals surface area contributed by atoms with Crippen molar-refractivity contribution in [3.8, 4) is 0 Å². The first-order chi connectivity index (χ1) is 8.99. The van der Waals surface area contributed by atoms with Crippen LogP contribution in [0.4, 0.5) is 0 Å². The van der Waals surface area contributed by atoms with Gasteiger partial charge in [0, 0.05) is 39.0 Å². The number of hydrogen-bond donors (Lipinski definition) is 1. The molecular formula is C13H22N2O4. The van der Waals surface area contributed by atoms with E-state index in [4.69, 9.17) is 5.11 Å². The lowest BCUT2D eigenvalue weighted by Gasteiger charge is -2.20. The maximum absolute atomic E-state index is 11.9. The van der Waals surface area contributed by atoms with Gasteiger partial charge in [-0.15, -0.1) is 0 Å². The fourth-order valence-corrected chi connectivity index (χ4v) is 2.29. The van der Waals surface area contributed by atoms with Crippen molar-refractivity contribution in [3.05, 3.63) is 0 Å². The van der Waals surface area contributed by atoms with E-state index in [1.165, 1.54) is 0 Å². The first kappa shape index (κ1) is 15.5. The van der Waals surface area contributed by atoms with Crippen LogP contribution >= 0.6 is 0 Å². The summed E-state index contributed by atoms with van der Waals surface area (Å²) in [7, 11) is 0. The molecule has 1 rings (SSSR count). The molecule has 0 aliphatic carbocycles. The summed E-state index contributed by atoms with van der Waals surface area (Å²) in [6.45, 7) is 5.85. The molecule has 1 aliphatic heterocycles. The molecule has 0 saturated carbocycles. The number of carbonyl (C=O) groups is 3. The van der Waals surface area contributed by atoms with E-state index in [1.54, 1.807) is 9.80 Å². The van der Waals surface area contributed by atoms with Crippen LogP contribution in [-0.4, -0.2) is 58.9 Å². The minimum Gasteiger partial charge on any atom is -0.481 e. The van der Waals surface area contributed by atoms with Gasteiger partial charge in [0.2, 0.25) is 11.8 Å². The van der Waals surface area contributed by atoms with Crippen LogP contribution in [0.15, 0.2) is 0 Å². The van der Waals surface area contributed by atoms with E-state index in [2.05, 4.69) is 0 Å². The summed E-state index contributed by atoms with van der Waals surface area (Å²) in [6.07, 6.45) is 0.876. The van der Waals surface area contributed by atoms with E-state index in [9.17, 15) is 14.4 Å². The zero-order valence-corrected chi connectivity index (χ0v) is 11.6. The maximum Gasteiger partial charge on any atom is 0.308 e. The molecule has 1 saturated heterocycles. The zero-order valence-electron chi connectivity index (χ0n) is 11.6. The van der Waals surface area contributed by atoms with Crippen LogP contribution in [0.25, 0.3) is 0 Å².